The lowest BCUT2D eigenvalue weighted by atomic mass is 10.1. The zero-order valence-corrected chi connectivity index (χ0v) is 15.6. The summed E-state index contributed by atoms with van der Waals surface area (Å²) in [7, 11) is 0. The molecule has 3 aromatic rings. The highest BCUT2D eigenvalue weighted by Gasteiger charge is 2.35. The summed E-state index contributed by atoms with van der Waals surface area (Å²) in [6.45, 7) is 0.438. The number of rotatable bonds is 3. The van der Waals surface area contributed by atoms with Gasteiger partial charge >= 0.3 is 0 Å². The van der Waals surface area contributed by atoms with Gasteiger partial charge in [-0.25, -0.2) is 0 Å². The molecule has 0 N–H and O–H groups in total. The molecule has 1 fully saturated rings. The number of anilines is 1. The molecule has 1 aliphatic heterocycles. The first-order valence-corrected chi connectivity index (χ1v) is 8.99. The van der Waals surface area contributed by atoms with Gasteiger partial charge in [0.1, 0.15) is 0 Å². The fourth-order valence-corrected chi connectivity index (χ4v) is 3.40. The standard InChI is InChI=1S/C18H12Cl3N3O2/c19-12-3-1-2-10(6-12)17-22-18(26-23-17)11-7-16(25)24(9-11)13-4-5-14(20)15(21)8-13/h1-6,8,11H,7,9H2. The third kappa shape index (κ3) is 3.30. The van der Waals surface area contributed by atoms with Crippen molar-refractivity contribution in [1.29, 1.82) is 0 Å². The molecule has 1 aromatic heterocycles. The van der Waals surface area contributed by atoms with Crippen molar-refractivity contribution in [1.82, 2.24) is 10.1 Å². The highest BCUT2D eigenvalue weighted by atomic mass is 35.5. The molecule has 0 saturated carbocycles. The quantitative estimate of drug-likeness (QED) is 0.596. The summed E-state index contributed by atoms with van der Waals surface area (Å²) in [6.07, 6.45) is 0.289. The summed E-state index contributed by atoms with van der Waals surface area (Å²) >= 11 is 18.0. The number of amides is 1. The van der Waals surface area contributed by atoms with Crippen LogP contribution in [0.4, 0.5) is 5.69 Å². The average Bonchev–Trinajstić information content (AvgIpc) is 3.24. The number of nitrogens with zero attached hydrogens (tertiary/aromatic N) is 3. The summed E-state index contributed by atoms with van der Waals surface area (Å²) in [5.41, 5.74) is 1.46. The zero-order valence-electron chi connectivity index (χ0n) is 13.3. The van der Waals surface area contributed by atoms with E-state index in [-0.39, 0.29) is 18.2 Å². The van der Waals surface area contributed by atoms with Crippen LogP contribution in [0.1, 0.15) is 18.2 Å². The minimum atomic E-state index is -0.183. The number of carbonyl (C=O) groups is 1. The van der Waals surface area contributed by atoms with Crippen LogP contribution in [0.5, 0.6) is 0 Å². The summed E-state index contributed by atoms with van der Waals surface area (Å²) in [5, 5.41) is 5.45. The maximum Gasteiger partial charge on any atom is 0.232 e. The molecule has 0 radical (unpaired) electrons. The lowest BCUT2D eigenvalue weighted by molar-refractivity contribution is -0.117. The fourth-order valence-electron chi connectivity index (χ4n) is 2.92. The molecule has 1 unspecified atom stereocenters. The minimum Gasteiger partial charge on any atom is -0.339 e. The molecule has 1 amide bonds. The average molecular weight is 409 g/mol. The summed E-state index contributed by atoms with van der Waals surface area (Å²) in [4.78, 5) is 18.5. The van der Waals surface area contributed by atoms with E-state index in [1.165, 1.54) is 0 Å². The smallest absolute Gasteiger partial charge is 0.232 e. The molecule has 4 rings (SSSR count). The number of hydrogen-bond donors (Lipinski definition) is 0. The molecular weight excluding hydrogens is 397 g/mol. The second kappa shape index (κ2) is 6.91. The Balaban J connectivity index is 1.56. The van der Waals surface area contributed by atoms with Crippen LogP contribution in [0.3, 0.4) is 0 Å². The number of carbonyl (C=O) groups excluding carboxylic acids is 1. The van der Waals surface area contributed by atoms with Gasteiger partial charge in [0, 0.05) is 29.2 Å². The molecule has 132 valence electrons. The topological polar surface area (TPSA) is 59.2 Å². The Morgan fingerprint density at radius 3 is 2.69 bits per heavy atom. The minimum absolute atomic E-state index is 0.0316. The lowest BCUT2D eigenvalue weighted by Gasteiger charge is -2.16. The Labute approximate surface area is 164 Å². The van der Waals surface area contributed by atoms with Crippen molar-refractivity contribution in [2.24, 2.45) is 0 Å². The first-order valence-electron chi connectivity index (χ1n) is 7.86. The molecule has 5 nitrogen and oxygen atoms in total. The van der Waals surface area contributed by atoms with Crippen LogP contribution in [-0.2, 0) is 4.79 Å². The number of aromatic nitrogens is 2. The van der Waals surface area contributed by atoms with Crippen LogP contribution in [-0.4, -0.2) is 22.6 Å². The second-order valence-corrected chi connectivity index (χ2v) is 7.22. The Bertz CT molecular complexity index is 989. The van der Waals surface area contributed by atoms with E-state index in [2.05, 4.69) is 10.1 Å². The third-order valence-electron chi connectivity index (χ3n) is 4.21. The molecule has 1 atom stereocenters. The van der Waals surface area contributed by atoms with Crippen LogP contribution < -0.4 is 4.90 Å². The van der Waals surface area contributed by atoms with Gasteiger partial charge in [-0.15, -0.1) is 0 Å². The van der Waals surface area contributed by atoms with Gasteiger partial charge in [0.2, 0.25) is 17.6 Å². The van der Waals surface area contributed by atoms with Gasteiger partial charge in [0.15, 0.2) is 0 Å². The molecule has 0 bridgehead atoms. The maximum atomic E-state index is 12.4. The van der Waals surface area contributed by atoms with E-state index in [9.17, 15) is 4.79 Å². The monoisotopic (exact) mass is 407 g/mol. The van der Waals surface area contributed by atoms with Gasteiger partial charge in [0.05, 0.1) is 16.0 Å². The van der Waals surface area contributed by atoms with Crippen molar-refractivity contribution in [3.05, 3.63) is 63.4 Å². The van der Waals surface area contributed by atoms with Crippen molar-refractivity contribution >= 4 is 46.4 Å². The van der Waals surface area contributed by atoms with E-state index >= 15 is 0 Å². The Kier molecular flexibility index (Phi) is 4.61. The van der Waals surface area contributed by atoms with Gasteiger partial charge in [-0.1, -0.05) is 52.1 Å². The predicted molar refractivity (Wildman–Crippen MR) is 101 cm³/mol. The molecule has 1 saturated heterocycles. The van der Waals surface area contributed by atoms with E-state index in [0.717, 1.165) is 5.56 Å². The third-order valence-corrected chi connectivity index (χ3v) is 5.19. The highest BCUT2D eigenvalue weighted by molar-refractivity contribution is 6.42. The normalized spacial score (nSPS) is 17.1. The predicted octanol–water partition coefficient (Wildman–Crippen LogP) is 5.22. The van der Waals surface area contributed by atoms with Crippen molar-refractivity contribution < 1.29 is 9.32 Å². The van der Waals surface area contributed by atoms with E-state index in [4.69, 9.17) is 39.3 Å². The number of halogens is 3. The SMILES string of the molecule is O=C1CC(c2nc(-c3cccc(Cl)c3)no2)CN1c1ccc(Cl)c(Cl)c1. The van der Waals surface area contributed by atoms with Crippen molar-refractivity contribution in [2.45, 2.75) is 12.3 Å². The second-order valence-electron chi connectivity index (χ2n) is 5.97. The largest absolute Gasteiger partial charge is 0.339 e. The zero-order chi connectivity index (χ0) is 18.3. The molecule has 1 aliphatic rings. The molecular formula is C18H12Cl3N3O2. The first kappa shape index (κ1) is 17.3. The van der Waals surface area contributed by atoms with Gasteiger partial charge in [-0.2, -0.15) is 4.98 Å². The molecule has 0 aliphatic carbocycles. The van der Waals surface area contributed by atoms with E-state index in [0.29, 0.717) is 39.0 Å². The van der Waals surface area contributed by atoms with Crippen LogP contribution in [0.15, 0.2) is 47.0 Å². The van der Waals surface area contributed by atoms with Crippen LogP contribution in [0, 0.1) is 0 Å². The Morgan fingerprint density at radius 1 is 1.08 bits per heavy atom. The molecule has 2 heterocycles. The van der Waals surface area contributed by atoms with E-state index in [1.807, 2.05) is 12.1 Å². The van der Waals surface area contributed by atoms with Crippen LogP contribution >= 0.6 is 34.8 Å². The molecule has 0 spiro atoms. The van der Waals surface area contributed by atoms with Crippen molar-refractivity contribution in [2.75, 3.05) is 11.4 Å². The highest BCUT2D eigenvalue weighted by Crippen LogP contribution is 2.34. The lowest BCUT2D eigenvalue weighted by Crippen LogP contribution is -2.24. The molecule has 2 aromatic carbocycles. The van der Waals surface area contributed by atoms with Gasteiger partial charge in [-0.05, 0) is 30.3 Å². The van der Waals surface area contributed by atoms with Crippen LogP contribution in [0.25, 0.3) is 11.4 Å². The first-order chi connectivity index (χ1) is 12.5. The van der Waals surface area contributed by atoms with Crippen LogP contribution in [0.2, 0.25) is 15.1 Å². The van der Waals surface area contributed by atoms with Gasteiger partial charge in [0.25, 0.3) is 0 Å². The summed E-state index contributed by atoms with van der Waals surface area (Å²) in [5.74, 6) is 0.659. The van der Waals surface area contributed by atoms with E-state index < -0.39 is 0 Å². The molecule has 8 heteroatoms. The van der Waals surface area contributed by atoms with Crippen molar-refractivity contribution in [3.63, 3.8) is 0 Å². The number of hydrogen-bond acceptors (Lipinski definition) is 4. The fraction of sp³-hybridized carbons (Fsp3) is 0.167. The Morgan fingerprint density at radius 2 is 1.92 bits per heavy atom. The van der Waals surface area contributed by atoms with E-state index in [1.54, 1.807) is 35.2 Å². The van der Waals surface area contributed by atoms with Crippen molar-refractivity contribution in [3.8, 4) is 11.4 Å². The van der Waals surface area contributed by atoms with Gasteiger partial charge in [-0.3, -0.25) is 4.79 Å². The van der Waals surface area contributed by atoms with Gasteiger partial charge < -0.3 is 9.42 Å². The molecule has 26 heavy (non-hydrogen) atoms. The summed E-state index contributed by atoms with van der Waals surface area (Å²) < 4.78 is 5.39. The maximum absolute atomic E-state index is 12.4. The Hall–Kier alpha value is -2.08. The number of benzene rings is 2. The summed E-state index contributed by atoms with van der Waals surface area (Å²) in [6, 6.07) is 12.3.